The first-order valence-corrected chi connectivity index (χ1v) is 12.6. The minimum atomic E-state index is -0.813. The van der Waals surface area contributed by atoms with Crippen molar-refractivity contribution >= 4 is 22.7 Å². The average Bonchev–Trinajstić information content (AvgIpc) is 2.78. The minimum Gasteiger partial charge on any atom is -0.464 e. The van der Waals surface area contributed by atoms with Gasteiger partial charge in [-0.3, -0.25) is 9.59 Å². The third kappa shape index (κ3) is 4.35. The lowest BCUT2D eigenvalue weighted by molar-refractivity contribution is -0.146. The molecule has 2 heterocycles. The van der Waals surface area contributed by atoms with Crippen LogP contribution >= 0.6 is 0 Å². The maximum Gasteiger partial charge on any atom is 0.337 e. The molecule has 0 unspecified atom stereocenters. The molecule has 1 fully saturated rings. The van der Waals surface area contributed by atoms with Crippen LogP contribution in [0.3, 0.4) is 0 Å². The van der Waals surface area contributed by atoms with Crippen LogP contribution in [0.2, 0.25) is 0 Å². The molecule has 6 heteroatoms. The van der Waals surface area contributed by atoms with Gasteiger partial charge in [0.05, 0.1) is 23.1 Å². The summed E-state index contributed by atoms with van der Waals surface area (Å²) in [4.78, 5) is 40.9. The Labute approximate surface area is 205 Å². The Morgan fingerprint density at radius 2 is 1.83 bits per heavy atom. The van der Waals surface area contributed by atoms with Crippen molar-refractivity contribution in [3.8, 4) is 0 Å². The van der Waals surface area contributed by atoms with Gasteiger partial charge in [0, 0.05) is 29.0 Å². The Morgan fingerprint density at radius 3 is 2.57 bits per heavy atom. The number of carbonyl (C=O) groups excluding carboxylic acids is 2. The van der Waals surface area contributed by atoms with Crippen molar-refractivity contribution in [2.75, 3.05) is 0 Å². The lowest BCUT2D eigenvalue weighted by Crippen LogP contribution is -2.40. The van der Waals surface area contributed by atoms with E-state index in [9.17, 15) is 14.4 Å². The van der Waals surface area contributed by atoms with Crippen molar-refractivity contribution in [3.05, 3.63) is 68.4 Å². The Morgan fingerprint density at radius 1 is 1.09 bits per heavy atom. The van der Waals surface area contributed by atoms with E-state index in [1.807, 2.05) is 19.9 Å². The molecule has 0 bridgehead atoms. The molecule has 1 aromatic heterocycles. The normalized spacial score (nSPS) is 22.7. The van der Waals surface area contributed by atoms with Crippen LogP contribution in [-0.4, -0.2) is 17.9 Å². The lowest BCUT2D eigenvalue weighted by atomic mass is 9.68. The van der Waals surface area contributed by atoms with Gasteiger partial charge in [0.25, 0.3) is 0 Å². The summed E-state index contributed by atoms with van der Waals surface area (Å²) in [5.74, 6) is -1.32. The molecule has 1 aromatic carbocycles. The largest absolute Gasteiger partial charge is 0.464 e. The van der Waals surface area contributed by atoms with Crippen LogP contribution in [0.4, 0.5) is 0 Å². The molecule has 3 aliphatic rings. The summed E-state index contributed by atoms with van der Waals surface area (Å²) in [5.41, 5.74) is 3.53. The first kappa shape index (κ1) is 23.6. The van der Waals surface area contributed by atoms with Crippen molar-refractivity contribution in [1.82, 2.24) is 5.32 Å². The summed E-state index contributed by atoms with van der Waals surface area (Å²) in [5, 5.41) is 3.79. The van der Waals surface area contributed by atoms with Crippen LogP contribution in [0.25, 0.3) is 11.0 Å². The molecule has 1 N–H and O–H groups in total. The summed E-state index contributed by atoms with van der Waals surface area (Å²) >= 11 is 0. The second kappa shape index (κ2) is 8.81. The van der Waals surface area contributed by atoms with Crippen molar-refractivity contribution in [1.29, 1.82) is 0 Å². The number of aryl methyl sites for hydroxylation is 1. The number of carbonyl (C=O) groups is 2. The van der Waals surface area contributed by atoms with Crippen LogP contribution < -0.4 is 10.7 Å². The first-order valence-electron chi connectivity index (χ1n) is 12.6. The molecule has 0 saturated heterocycles. The van der Waals surface area contributed by atoms with E-state index in [2.05, 4.69) is 19.2 Å². The van der Waals surface area contributed by atoms with Gasteiger partial charge in [-0.05, 0) is 63.5 Å². The zero-order valence-corrected chi connectivity index (χ0v) is 21.0. The van der Waals surface area contributed by atoms with E-state index in [0.29, 0.717) is 46.2 Å². The maximum atomic E-state index is 13.8. The number of dihydropyridines is 1. The van der Waals surface area contributed by atoms with Crippen molar-refractivity contribution < 1.29 is 18.7 Å². The predicted molar refractivity (Wildman–Crippen MR) is 134 cm³/mol. The Bertz CT molecular complexity index is 1340. The zero-order chi connectivity index (χ0) is 24.9. The molecule has 6 nitrogen and oxygen atoms in total. The third-order valence-electron chi connectivity index (χ3n) is 7.55. The van der Waals surface area contributed by atoms with E-state index >= 15 is 0 Å². The quantitative estimate of drug-likeness (QED) is 0.583. The van der Waals surface area contributed by atoms with Crippen LogP contribution in [0.15, 0.2) is 56.2 Å². The van der Waals surface area contributed by atoms with Crippen LogP contribution in [-0.2, 0) is 14.3 Å². The number of ketones is 1. The van der Waals surface area contributed by atoms with Crippen molar-refractivity contribution in [2.24, 2.45) is 5.41 Å². The molecule has 1 saturated carbocycles. The maximum absolute atomic E-state index is 13.8. The smallest absolute Gasteiger partial charge is 0.337 e. The number of Topliss-reactive ketones (excluding diaryl/α,β-unsaturated/α-hetero) is 1. The van der Waals surface area contributed by atoms with Gasteiger partial charge in [-0.2, -0.15) is 0 Å². The summed E-state index contributed by atoms with van der Waals surface area (Å²) in [7, 11) is 0. The first-order chi connectivity index (χ1) is 16.6. The van der Waals surface area contributed by atoms with Gasteiger partial charge in [-0.15, -0.1) is 0 Å². The van der Waals surface area contributed by atoms with Crippen molar-refractivity contribution in [3.63, 3.8) is 0 Å². The van der Waals surface area contributed by atoms with E-state index in [1.54, 1.807) is 12.1 Å². The fourth-order valence-corrected chi connectivity index (χ4v) is 5.87. The number of benzene rings is 1. The molecule has 0 amide bonds. The number of nitrogens with one attached hydrogen (secondary N) is 1. The molecule has 0 spiro atoms. The lowest BCUT2D eigenvalue weighted by Gasteiger charge is -2.39. The fourth-order valence-electron chi connectivity index (χ4n) is 5.87. The second-order valence-corrected chi connectivity index (χ2v) is 11.1. The number of fused-ring (bicyclic) bond motifs is 1. The number of hydrogen-bond donors (Lipinski definition) is 1. The molecule has 0 radical (unpaired) electrons. The van der Waals surface area contributed by atoms with E-state index in [0.717, 1.165) is 43.4 Å². The molecule has 35 heavy (non-hydrogen) atoms. The van der Waals surface area contributed by atoms with Gasteiger partial charge < -0.3 is 14.5 Å². The molecule has 1 atom stereocenters. The summed E-state index contributed by atoms with van der Waals surface area (Å²) in [6.07, 6.45) is 7.21. The van der Waals surface area contributed by atoms with E-state index < -0.39 is 11.9 Å². The van der Waals surface area contributed by atoms with Gasteiger partial charge >= 0.3 is 5.97 Å². The van der Waals surface area contributed by atoms with E-state index in [4.69, 9.17) is 9.15 Å². The van der Waals surface area contributed by atoms with Crippen LogP contribution in [0.5, 0.6) is 0 Å². The molecular weight excluding hydrogens is 442 g/mol. The van der Waals surface area contributed by atoms with Crippen molar-refractivity contribution in [2.45, 2.75) is 84.7 Å². The standard InChI is InChI=1S/C29H33NO5/c1-16-10-11-23-19(12-16)27(32)20(15-34-23)25-24(28(33)35-18-8-6-5-7-9-18)17(2)30-21-13-29(3,4)14-22(31)26(21)25/h10-12,15,18,25,30H,5-9,13-14H2,1-4H3/t25-/m1/s1. The highest BCUT2D eigenvalue weighted by atomic mass is 16.5. The SMILES string of the molecule is CC1=C(C(=O)OC2CCCCC2)[C@@H](c2coc3ccc(C)cc3c2=O)C2=C(CC(C)(C)CC2=O)N1. The number of hydrogen-bond acceptors (Lipinski definition) is 6. The number of rotatable bonds is 3. The Kier molecular flexibility index (Phi) is 5.94. The molecule has 184 valence electrons. The Balaban J connectivity index is 1.66. The highest BCUT2D eigenvalue weighted by molar-refractivity contribution is 6.04. The van der Waals surface area contributed by atoms with E-state index in [1.165, 1.54) is 6.26 Å². The second-order valence-electron chi connectivity index (χ2n) is 11.1. The zero-order valence-electron chi connectivity index (χ0n) is 21.0. The molecule has 2 aliphatic carbocycles. The highest BCUT2D eigenvalue weighted by Gasteiger charge is 2.44. The number of esters is 1. The monoisotopic (exact) mass is 475 g/mol. The number of ether oxygens (including phenoxy) is 1. The average molecular weight is 476 g/mol. The Hall–Kier alpha value is -3.15. The van der Waals surface area contributed by atoms with Gasteiger partial charge in [0.2, 0.25) is 0 Å². The van der Waals surface area contributed by atoms with Gasteiger partial charge in [-0.25, -0.2) is 4.79 Å². The molecule has 1 aliphatic heterocycles. The summed E-state index contributed by atoms with van der Waals surface area (Å²) < 4.78 is 11.8. The van der Waals surface area contributed by atoms with Gasteiger partial charge in [0.15, 0.2) is 11.2 Å². The highest BCUT2D eigenvalue weighted by Crippen LogP contribution is 2.46. The van der Waals surface area contributed by atoms with Gasteiger partial charge in [-0.1, -0.05) is 31.9 Å². The molecular formula is C29H33NO5. The molecule has 5 rings (SSSR count). The minimum absolute atomic E-state index is 0.0482. The summed E-state index contributed by atoms with van der Waals surface area (Å²) in [6, 6.07) is 5.46. The molecule has 2 aromatic rings. The third-order valence-corrected chi connectivity index (χ3v) is 7.55. The number of allylic oxidation sites excluding steroid dienone is 3. The summed E-state index contributed by atoms with van der Waals surface area (Å²) in [6.45, 7) is 7.86. The van der Waals surface area contributed by atoms with E-state index in [-0.39, 0.29) is 22.7 Å². The fraction of sp³-hybridized carbons (Fsp3) is 0.483. The van der Waals surface area contributed by atoms with Gasteiger partial charge in [0.1, 0.15) is 11.7 Å². The van der Waals surface area contributed by atoms with Crippen LogP contribution in [0, 0.1) is 12.3 Å². The topological polar surface area (TPSA) is 85.6 Å². The van der Waals surface area contributed by atoms with Crippen LogP contribution in [0.1, 0.15) is 82.8 Å². The predicted octanol–water partition coefficient (Wildman–Crippen LogP) is 5.58.